The molecule has 4 nitrogen and oxygen atoms in total. The minimum atomic E-state index is -2.88. The zero-order valence-electron chi connectivity index (χ0n) is 7.58. The van der Waals surface area contributed by atoms with Gasteiger partial charge in [-0.1, -0.05) is 6.92 Å². The summed E-state index contributed by atoms with van der Waals surface area (Å²) in [5.41, 5.74) is 0. The molecular formula is C7H17NO3S. The number of nitrogens with one attached hydrogen (secondary N) is 1. The van der Waals surface area contributed by atoms with Crippen LogP contribution in [0.2, 0.25) is 0 Å². The molecule has 1 atom stereocenters. The van der Waals surface area contributed by atoms with E-state index in [-0.39, 0.29) is 18.4 Å². The van der Waals surface area contributed by atoms with Crippen LogP contribution in [0.15, 0.2) is 0 Å². The number of hydrogen-bond donors (Lipinski definition) is 2. The van der Waals surface area contributed by atoms with E-state index in [2.05, 4.69) is 5.32 Å². The number of rotatable bonds is 6. The van der Waals surface area contributed by atoms with Gasteiger partial charge in [0.05, 0.1) is 12.4 Å². The van der Waals surface area contributed by atoms with E-state index in [0.29, 0.717) is 6.54 Å². The minimum Gasteiger partial charge on any atom is -0.395 e. The number of aliphatic hydroxyl groups is 1. The zero-order valence-corrected chi connectivity index (χ0v) is 8.39. The van der Waals surface area contributed by atoms with Crippen LogP contribution in [-0.2, 0) is 9.84 Å². The second-order valence-corrected chi connectivity index (χ2v) is 5.13. The lowest BCUT2D eigenvalue weighted by molar-refractivity contribution is 0.241. The first-order valence-electron chi connectivity index (χ1n) is 4.01. The Morgan fingerprint density at radius 3 is 2.42 bits per heavy atom. The molecule has 0 amide bonds. The second kappa shape index (κ2) is 5.50. The molecule has 0 aliphatic carbocycles. The highest BCUT2D eigenvalue weighted by Crippen LogP contribution is 1.88. The first kappa shape index (κ1) is 11.9. The topological polar surface area (TPSA) is 66.4 Å². The molecule has 0 radical (unpaired) electrons. The standard InChI is InChI=1S/C7H17NO3S/c1-3-7(6-9)8-4-5-12(2,10)11/h7-9H,3-6H2,1-2H3. The maximum Gasteiger partial charge on any atom is 0.148 e. The maximum atomic E-state index is 10.7. The number of aliphatic hydroxyl groups excluding tert-OH is 1. The van der Waals surface area contributed by atoms with Crippen LogP contribution >= 0.6 is 0 Å². The minimum absolute atomic E-state index is 0.0201. The first-order valence-corrected chi connectivity index (χ1v) is 6.07. The van der Waals surface area contributed by atoms with Crippen molar-refractivity contribution in [3.05, 3.63) is 0 Å². The maximum absolute atomic E-state index is 10.7. The van der Waals surface area contributed by atoms with E-state index >= 15 is 0 Å². The molecule has 2 N–H and O–H groups in total. The van der Waals surface area contributed by atoms with E-state index in [9.17, 15) is 8.42 Å². The lowest BCUT2D eigenvalue weighted by Crippen LogP contribution is -2.35. The predicted octanol–water partition coefficient (Wildman–Crippen LogP) is -0.608. The molecule has 12 heavy (non-hydrogen) atoms. The van der Waals surface area contributed by atoms with Crippen LogP contribution in [0.25, 0.3) is 0 Å². The summed E-state index contributed by atoms with van der Waals surface area (Å²) in [6.07, 6.45) is 2.01. The SMILES string of the molecule is CCC(CO)NCCS(C)(=O)=O. The van der Waals surface area contributed by atoms with Gasteiger partial charge in [-0.3, -0.25) is 0 Å². The molecule has 0 aliphatic rings. The molecule has 0 aromatic carbocycles. The molecule has 0 heterocycles. The van der Waals surface area contributed by atoms with Gasteiger partial charge < -0.3 is 10.4 Å². The molecule has 0 rings (SSSR count). The predicted molar refractivity (Wildman–Crippen MR) is 48.9 cm³/mol. The third-order valence-electron chi connectivity index (χ3n) is 1.62. The van der Waals surface area contributed by atoms with Gasteiger partial charge in [0.1, 0.15) is 9.84 Å². The van der Waals surface area contributed by atoms with Crippen molar-refractivity contribution >= 4 is 9.84 Å². The molecule has 0 aromatic rings. The third kappa shape index (κ3) is 6.57. The summed E-state index contributed by atoms with van der Waals surface area (Å²) in [5, 5.41) is 11.7. The highest BCUT2D eigenvalue weighted by molar-refractivity contribution is 7.90. The Balaban J connectivity index is 3.55. The van der Waals surface area contributed by atoms with Gasteiger partial charge in [0.2, 0.25) is 0 Å². The Kier molecular flexibility index (Phi) is 5.44. The van der Waals surface area contributed by atoms with E-state index in [1.807, 2.05) is 6.92 Å². The molecule has 0 bridgehead atoms. The smallest absolute Gasteiger partial charge is 0.148 e. The van der Waals surface area contributed by atoms with Gasteiger partial charge in [-0.2, -0.15) is 0 Å². The van der Waals surface area contributed by atoms with Crippen LogP contribution in [0.1, 0.15) is 13.3 Å². The van der Waals surface area contributed by atoms with Crippen molar-refractivity contribution in [2.45, 2.75) is 19.4 Å². The Morgan fingerprint density at radius 1 is 1.50 bits per heavy atom. The van der Waals surface area contributed by atoms with E-state index in [1.165, 1.54) is 6.26 Å². The molecule has 0 saturated heterocycles. The number of sulfone groups is 1. The van der Waals surface area contributed by atoms with Crippen LogP contribution < -0.4 is 5.32 Å². The number of hydrogen-bond acceptors (Lipinski definition) is 4. The zero-order chi connectivity index (χ0) is 9.61. The van der Waals surface area contributed by atoms with Crippen LogP contribution in [0.5, 0.6) is 0 Å². The highest BCUT2D eigenvalue weighted by atomic mass is 32.2. The van der Waals surface area contributed by atoms with Crippen molar-refractivity contribution in [1.29, 1.82) is 0 Å². The normalized spacial score (nSPS) is 14.6. The second-order valence-electron chi connectivity index (χ2n) is 2.87. The first-order chi connectivity index (χ1) is 5.49. The van der Waals surface area contributed by atoms with Crippen molar-refractivity contribution in [1.82, 2.24) is 5.32 Å². The van der Waals surface area contributed by atoms with Crippen LogP contribution in [0.4, 0.5) is 0 Å². The molecule has 1 unspecified atom stereocenters. The fourth-order valence-electron chi connectivity index (χ4n) is 0.786. The fraction of sp³-hybridized carbons (Fsp3) is 1.00. The van der Waals surface area contributed by atoms with Gasteiger partial charge in [-0.15, -0.1) is 0 Å². The molecule has 0 aliphatic heterocycles. The molecule has 0 aromatic heterocycles. The van der Waals surface area contributed by atoms with Crippen molar-refractivity contribution in [2.75, 3.05) is 25.2 Å². The van der Waals surface area contributed by atoms with Crippen LogP contribution in [0, 0.1) is 0 Å². The molecule has 0 saturated carbocycles. The average Bonchev–Trinajstić information content (AvgIpc) is 1.96. The van der Waals surface area contributed by atoms with Crippen molar-refractivity contribution in [3.63, 3.8) is 0 Å². The Bertz CT molecular complexity index is 197. The van der Waals surface area contributed by atoms with Gasteiger partial charge >= 0.3 is 0 Å². The quantitative estimate of drug-likeness (QED) is 0.593. The van der Waals surface area contributed by atoms with E-state index in [4.69, 9.17) is 5.11 Å². The summed E-state index contributed by atoms with van der Waals surface area (Å²) < 4.78 is 21.4. The van der Waals surface area contributed by atoms with Gasteiger partial charge in [0.15, 0.2) is 0 Å². The molecular weight excluding hydrogens is 178 g/mol. The van der Waals surface area contributed by atoms with Crippen molar-refractivity contribution < 1.29 is 13.5 Å². The van der Waals surface area contributed by atoms with E-state index in [1.54, 1.807) is 0 Å². The Labute approximate surface area is 73.9 Å². The van der Waals surface area contributed by atoms with Crippen molar-refractivity contribution in [3.8, 4) is 0 Å². The van der Waals surface area contributed by atoms with Gasteiger partial charge in [-0.05, 0) is 6.42 Å². The van der Waals surface area contributed by atoms with Crippen LogP contribution in [-0.4, -0.2) is 44.7 Å². The summed E-state index contributed by atoms with van der Waals surface area (Å²) in [6, 6.07) is 0.0201. The summed E-state index contributed by atoms with van der Waals surface area (Å²) in [4.78, 5) is 0. The monoisotopic (exact) mass is 195 g/mol. The summed E-state index contributed by atoms with van der Waals surface area (Å²) in [6.45, 7) is 2.41. The third-order valence-corrected chi connectivity index (χ3v) is 2.56. The van der Waals surface area contributed by atoms with Gasteiger partial charge in [-0.25, -0.2) is 8.42 Å². The lowest BCUT2D eigenvalue weighted by Gasteiger charge is -2.12. The lowest BCUT2D eigenvalue weighted by atomic mass is 10.2. The van der Waals surface area contributed by atoms with Gasteiger partial charge in [0, 0.05) is 18.8 Å². The average molecular weight is 195 g/mol. The van der Waals surface area contributed by atoms with Crippen molar-refractivity contribution in [2.24, 2.45) is 0 Å². The van der Waals surface area contributed by atoms with Crippen LogP contribution in [0.3, 0.4) is 0 Å². The molecule has 0 fully saturated rings. The van der Waals surface area contributed by atoms with Gasteiger partial charge in [0.25, 0.3) is 0 Å². The van der Waals surface area contributed by atoms with E-state index < -0.39 is 9.84 Å². The largest absolute Gasteiger partial charge is 0.395 e. The molecule has 74 valence electrons. The summed E-state index contributed by atoms with van der Waals surface area (Å²) >= 11 is 0. The van der Waals surface area contributed by atoms with E-state index in [0.717, 1.165) is 6.42 Å². The summed E-state index contributed by atoms with van der Waals surface area (Å²) in [5.74, 6) is 0.128. The Hall–Kier alpha value is -0.130. The molecule has 0 spiro atoms. The summed E-state index contributed by atoms with van der Waals surface area (Å²) in [7, 11) is -2.88. The molecule has 5 heteroatoms. The Morgan fingerprint density at radius 2 is 2.08 bits per heavy atom. The highest BCUT2D eigenvalue weighted by Gasteiger charge is 2.05. The fourth-order valence-corrected chi connectivity index (χ4v) is 1.28.